The lowest BCUT2D eigenvalue weighted by atomic mass is 10.1. The molecule has 7 nitrogen and oxygen atoms in total. The number of nitrogens with one attached hydrogen (secondary N) is 1. The Labute approximate surface area is 205 Å². The molecule has 4 rings (SSSR count). The predicted octanol–water partition coefficient (Wildman–Crippen LogP) is 3.79. The van der Waals surface area contributed by atoms with Crippen molar-refractivity contribution >= 4 is 33.2 Å². The number of benzene rings is 3. The monoisotopic (exact) mass is 499 g/mol. The molecule has 0 aromatic heterocycles. The summed E-state index contributed by atoms with van der Waals surface area (Å²) >= 11 is 6.25. The van der Waals surface area contributed by atoms with E-state index in [1.54, 1.807) is 13.2 Å². The van der Waals surface area contributed by atoms with E-state index < -0.39 is 15.9 Å². The van der Waals surface area contributed by atoms with Crippen LogP contribution in [0.15, 0.2) is 77.7 Å². The summed E-state index contributed by atoms with van der Waals surface area (Å²) in [6.45, 7) is 2.11. The van der Waals surface area contributed by atoms with E-state index in [0.717, 1.165) is 11.3 Å². The minimum absolute atomic E-state index is 0.0486. The smallest absolute Gasteiger partial charge is 0.253 e. The van der Waals surface area contributed by atoms with E-state index in [9.17, 15) is 13.2 Å². The van der Waals surface area contributed by atoms with E-state index in [1.807, 2.05) is 48.5 Å². The molecule has 0 bridgehead atoms. The van der Waals surface area contributed by atoms with Crippen LogP contribution in [0.5, 0.6) is 5.75 Å². The molecule has 0 aliphatic carbocycles. The third kappa shape index (κ3) is 5.19. The first-order chi connectivity index (χ1) is 16.4. The molecular formula is C25H26ClN3O4S. The number of para-hydroxylation sites is 2. The third-order valence-corrected chi connectivity index (χ3v) is 8.04. The molecule has 0 spiro atoms. The van der Waals surface area contributed by atoms with Gasteiger partial charge in [-0.3, -0.25) is 4.79 Å². The van der Waals surface area contributed by atoms with Gasteiger partial charge >= 0.3 is 0 Å². The maximum atomic E-state index is 13.3. The van der Waals surface area contributed by atoms with Crippen LogP contribution in [0.2, 0.25) is 5.02 Å². The number of halogens is 1. The van der Waals surface area contributed by atoms with Gasteiger partial charge in [0.25, 0.3) is 5.91 Å². The van der Waals surface area contributed by atoms with Crippen molar-refractivity contribution in [3.05, 3.63) is 88.9 Å². The highest BCUT2D eigenvalue weighted by Crippen LogP contribution is 2.25. The van der Waals surface area contributed by atoms with E-state index in [1.165, 1.54) is 22.5 Å². The van der Waals surface area contributed by atoms with Crippen LogP contribution in [-0.2, 0) is 16.6 Å². The summed E-state index contributed by atoms with van der Waals surface area (Å²) in [5.74, 6) is 0.196. The summed E-state index contributed by atoms with van der Waals surface area (Å²) in [5, 5.41) is 2.98. The lowest BCUT2D eigenvalue weighted by Gasteiger charge is -2.35. The Morgan fingerprint density at radius 3 is 2.35 bits per heavy atom. The van der Waals surface area contributed by atoms with Crippen molar-refractivity contribution < 1.29 is 17.9 Å². The molecule has 1 saturated heterocycles. The fraction of sp³-hybridized carbons (Fsp3) is 0.240. The number of anilines is 1. The highest BCUT2D eigenvalue weighted by molar-refractivity contribution is 7.89. The minimum atomic E-state index is -3.77. The largest absolute Gasteiger partial charge is 0.496 e. The second-order valence-corrected chi connectivity index (χ2v) is 10.2. The first kappa shape index (κ1) is 24.1. The number of hydrogen-bond donors (Lipinski definition) is 1. The maximum Gasteiger partial charge on any atom is 0.253 e. The van der Waals surface area contributed by atoms with Crippen molar-refractivity contribution in [3.63, 3.8) is 0 Å². The zero-order valence-corrected chi connectivity index (χ0v) is 20.3. The lowest BCUT2D eigenvalue weighted by molar-refractivity contribution is 0.0950. The highest BCUT2D eigenvalue weighted by atomic mass is 35.5. The van der Waals surface area contributed by atoms with E-state index in [2.05, 4.69) is 10.2 Å². The Hall–Kier alpha value is -3.07. The number of amides is 1. The summed E-state index contributed by atoms with van der Waals surface area (Å²) in [7, 11) is -2.21. The highest BCUT2D eigenvalue weighted by Gasteiger charge is 2.29. The first-order valence-corrected chi connectivity index (χ1v) is 12.7. The van der Waals surface area contributed by atoms with E-state index in [0.29, 0.717) is 31.9 Å². The summed E-state index contributed by atoms with van der Waals surface area (Å²) in [4.78, 5) is 15.0. The summed E-state index contributed by atoms with van der Waals surface area (Å²) in [6, 6.07) is 21.5. The fourth-order valence-electron chi connectivity index (χ4n) is 3.93. The number of hydrogen-bond acceptors (Lipinski definition) is 5. The van der Waals surface area contributed by atoms with Gasteiger partial charge in [-0.25, -0.2) is 8.42 Å². The van der Waals surface area contributed by atoms with Crippen LogP contribution in [0.25, 0.3) is 0 Å². The Bertz CT molecular complexity index is 1260. The predicted molar refractivity (Wildman–Crippen MR) is 133 cm³/mol. The van der Waals surface area contributed by atoms with Gasteiger partial charge in [-0.05, 0) is 36.4 Å². The SMILES string of the molecule is COc1ccccc1CNC(=O)c1cc(S(=O)(=O)N2CCN(c3ccccc3)CC2)ccc1Cl. The summed E-state index contributed by atoms with van der Waals surface area (Å²) < 4.78 is 33.3. The normalized spacial score (nSPS) is 14.6. The van der Waals surface area contributed by atoms with Gasteiger partial charge in [-0.1, -0.05) is 48.0 Å². The van der Waals surface area contributed by atoms with E-state index >= 15 is 0 Å². The Morgan fingerprint density at radius 2 is 1.65 bits per heavy atom. The molecule has 178 valence electrons. The quantitative estimate of drug-likeness (QED) is 0.535. The van der Waals surface area contributed by atoms with Gasteiger partial charge in [0.2, 0.25) is 10.0 Å². The van der Waals surface area contributed by atoms with Gasteiger partial charge < -0.3 is 15.0 Å². The second-order valence-electron chi connectivity index (χ2n) is 7.86. The molecule has 34 heavy (non-hydrogen) atoms. The molecule has 1 heterocycles. The number of methoxy groups -OCH3 is 1. The van der Waals surface area contributed by atoms with Crippen molar-refractivity contribution in [1.82, 2.24) is 9.62 Å². The van der Waals surface area contributed by atoms with Gasteiger partial charge in [0.05, 0.1) is 22.6 Å². The molecule has 0 atom stereocenters. The van der Waals surface area contributed by atoms with Crippen molar-refractivity contribution in [1.29, 1.82) is 0 Å². The van der Waals surface area contributed by atoms with Crippen LogP contribution >= 0.6 is 11.6 Å². The fourth-order valence-corrected chi connectivity index (χ4v) is 5.59. The van der Waals surface area contributed by atoms with Gasteiger partial charge in [0.15, 0.2) is 0 Å². The number of nitrogens with zero attached hydrogens (tertiary/aromatic N) is 2. The Kier molecular flexibility index (Phi) is 7.41. The van der Waals surface area contributed by atoms with Gasteiger partial charge in [0.1, 0.15) is 5.75 Å². The van der Waals surface area contributed by atoms with Crippen LogP contribution in [0.3, 0.4) is 0 Å². The maximum absolute atomic E-state index is 13.3. The molecule has 1 fully saturated rings. The van der Waals surface area contributed by atoms with Crippen molar-refractivity contribution in [2.75, 3.05) is 38.2 Å². The molecule has 0 radical (unpaired) electrons. The molecule has 0 saturated carbocycles. The third-order valence-electron chi connectivity index (χ3n) is 5.81. The molecule has 1 amide bonds. The molecule has 1 aliphatic heterocycles. The van der Waals surface area contributed by atoms with Gasteiger partial charge in [-0.15, -0.1) is 0 Å². The zero-order valence-electron chi connectivity index (χ0n) is 18.8. The lowest BCUT2D eigenvalue weighted by Crippen LogP contribution is -2.48. The van der Waals surface area contributed by atoms with Crippen molar-refractivity contribution in [3.8, 4) is 5.75 Å². The molecule has 0 unspecified atom stereocenters. The Morgan fingerprint density at radius 1 is 0.971 bits per heavy atom. The molecular weight excluding hydrogens is 474 g/mol. The number of sulfonamides is 1. The number of rotatable bonds is 7. The number of piperazine rings is 1. The van der Waals surface area contributed by atoms with Crippen LogP contribution in [0, 0.1) is 0 Å². The zero-order chi connectivity index (χ0) is 24.1. The molecule has 1 N–H and O–H groups in total. The molecule has 1 aliphatic rings. The Balaban J connectivity index is 1.47. The van der Waals surface area contributed by atoms with Crippen molar-refractivity contribution in [2.45, 2.75) is 11.4 Å². The average Bonchev–Trinajstić information content (AvgIpc) is 2.88. The molecule has 3 aromatic carbocycles. The summed E-state index contributed by atoms with van der Waals surface area (Å²) in [5.41, 5.74) is 1.98. The molecule has 3 aromatic rings. The standard InChI is InChI=1S/C25H26ClN3O4S/c1-33-24-10-6-5-7-19(24)18-27-25(30)22-17-21(11-12-23(22)26)34(31,32)29-15-13-28(14-16-29)20-8-3-2-4-9-20/h2-12,17H,13-16,18H2,1H3,(H,27,30). The molecule has 9 heteroatoms. The average molecular weight is 500 g/mol. The van der Waals surface area contributed by atoms with Crippen LogP contribution in [0.1, 0.15) is 15.9 Å². The van der Waals surface area contributed by atoms with Gasteiger partial charge in [-0.2, -0.15) is 4.31 Å². The topological polar surface area (TPSA) is 78.9 Å². The van der Waals surface area contributed by atoms with E-state index in [-0.39, 0.29) is 22.0 Å². The number of ether oxygens (including phenoxy) is 1. The van der Waals surface area contributed by atoms with Gasteiger partial charge in [0, 0.05) is 44.0 Å². The number of carbonyl (C=O) groups is 1. The van der Waals surface area contributed by atoms with Crippen LogP contribution in [-0.4, -0.2) is 51.9 Å². The van der Waals surface area contributed by atoms with E-state index in [4.69, 9.17) is 16.3 Å². The minimum Gasteiger partial charge on any atom is -0.496 e. The number of carbonyl (C=O) groups excluding carboxylic acids is 1. The second kappa shape index (κ2) is 10.5. The summed E-state index contributed by atoms with van der Waals surface area (Å²) in [6.07, 6.45) is 0. The van der Waals surface area contributed by atoms with Crippen LogP contribution < -0.4 is 15.0 Å². The van der Waals surface area contributed by atoms with Crippen LogP contribution in [0.4, 0.5) is 5.69 Å². The first-order valence-electron chi connectivity index (χ1n) is 10.9. The van der Waals surface area contributed by atoms with Crippen molar-refractivity contribution in [2.24, 2.45) is 0 Å².